The van der Waals surface area contributed by atoms with Crippen molar-refractivity contribution in [3.05, 3.63) is 53.7 Å². The highest BCUT2D eigenvalue weighted by Crippen LogP contribution is 2.36. The Bertz CT molecular complexity index is 1370. The molecule has 3 aromatic heterocycles. The number of hydrogen-bond donors (Lipinski definition) is 0. The Kier molecular flexibility index (Phi) is 7.95. The van der Waals surface area contributed by atoms with Crippen molar-refractivity contribution in [2.24, 2.45) is 11.8 Å². The van der Waals surface area contributed by atoms with E-state index in [1.807, 2.05) is 46.4 Å². The van der Waals surface area contributed by atoms with Gasteiger partial charge in [-0.15, -0.1) is 11.3 Å². The fourth-order valence-corrected chi connectivity index (χ4v) is 5.67. The molecule has 1 aliphatic rings. The summed E-state index contributed by atoms with van der Waals surface area (Å²) in [6.45, 7) is 4.82. The van der Waals surface area contributed by atoms with Crippen molar-refractivity contribution < 1.29 is 23.5 Å². The van der Waals surface area contributed by atoms with Crippen LogP contribution in [0.5, 0.6) is 0 Å². The number of fused-ring (bicyclic) bond motifs is 1. The Hall–Kier alpha value is -3.43. The second-order valence-corrected chi connectivity index (χ2v) is 10.7. The fraction of sp³-hybridized carbons (Fsp3) is 0.414. The number of anilines is 1. The van der Waals surface area contributed by atoms with E-state index in [0.717, 1.165) is 47.5 Å². The Morgan fingerprint density at radius 1 is 1.16 bits per heavy atom. The van der Waals surface area contributed by atoms with E-state index in [4.69, 9.17) is 13.9 Å². The van der Waals surface area contributed by atoms with E-state index in [1.165, 1.54) is 0 Å². The molecule has 0 bridgehead atoms. The normalized spacial score (nSPS) is 17.6. The predicted octanol–water partition coefficient (Wildman–Crippen LogP) is 6.31. The zero-order chi connectivity index (χ0) is 26.6. The maximum Gasteiger partial charge on any atom is 0.343 e. The van der Waals surface area contributed by atoms with Crippen LogP contribution in [0.1, 0.15) is 49.9 Å². The fourth-order valence-electron chi connectivity index (χ4n) is 4.97. The predicted molar refractivity (Wildman–Crippen MR) is 148 cm³/mol. The number of amides is 1. The van der Waals surface area contributed by atoms with Crippen molar-refractivity contribution in [2.75, 3.05) is 31.8 Å². The van der Waals surface area contributed by atoms with Crippen LogP contribution in [0.2, 0.25) is 0 Å². The number of imidazole rings is 1. The van der Waals surface area contributed by atoms with Crippen LogP contribution in [-0.2, 0) is 14.3 Å². The molecule has 0 atom stereocenters. The van der Waals surface area contributed by atoms with Gasteiger partial charge < -0.3 is 13.9 Å². The van der Waals surface area contributed by atoms with Crippen molar-refractivity contribution in [1.82, 2.24) is 9.38 Å². The third-order valence-electron chi connectivity index (χ3n) is 7.16. The number of esters is 1. The Morgan fingerprint density at radius 3 is 2.58 bits per heavy atom. The largest absolute Gasteiger partial charge is 0.462 e. The molecule has 1 aromatic carbocycles. The van der Waals surface area contributed by atoms with Crippen molar-refractivity contribution >= 4 is 34.1 Å². The molecule has 0 N–H and O–H groups in total. The van der Waals surface area contributed by atoms with Gasteiger partial charge in [-0.2, -0.15) is 0 Å². The molecule has 0 saturated heterocycles. The number of furan rings is 1. The lowest BCUT2D eigenvalue weighted by atomic mass is 9.82. The zero-order valence-electron chi connectivity index (χ0n) is 22.0. The van der Waals surface area contributed by atoms with Crippen molar-refractivity contribution in [1.29, 1.82) is 0 Å². The van der Waals surface area contributed by atoms with E-state index < -0.39 is 5.97 Å². The first-order valence-electron chi connectivity index (χ1n) is 13.1. The first-order valence-corrected chi connectivity index (χ1v) is 14.0. The summed E-state index contributed by atoms with van der Waals surface area (Å²) in [4.78, 5) is 33.8. The summed E-state index contributed by atoms with van der Waals surface area (Å²) in [5.74, 6) is 0.689. The Balaban J connectivity index is 1.47. The SMILES string of the molecule is CCOC(=O)c1cc(-c2ccc(-c3cn4ccsc4n3)cc2)oc1N(CCOC)C(=O)C1CCC(C)CC1. The number of benzene rings is 1. The van der Waals surface area contributed by atoms with Gasteiger partial charge in [-0.3, -0.25) is 14.1 Å². The number of methoxy groups -OCH3 is 1. The molecule has 0 spiro atoms. The molecule has 4 aromatic rings. The summed E-state index contributed by atoms with van der Waals surface area (Å²) < 4.78 is 18.9. The topological polar surface area (TPSA) is 86.3 Å². The lowest BCUT2D eigenvalue weighted by molar-refractivity contribution is -0.123. The molecular formula is C29H33N3O5S. The van der Waals surface area contributed by atoms with E-state index in [-0.39, 0.29) is 36.4 Å². The van der Waals surface area contributed by atoms with Gasteiger partial charge >= 0.3 is 5.97 Å². The minimum atomic E-state index is -0.514. The highest BCUT2D eigenvalue weighted by molar-refractivity contribution is 7.15. The number of carbonyl (C=O) groups is 2. The van der Waals surface area contributed by atoms with Crippen LogP contribution >= 0.6 is 11.3 Å². The second-order valence-electron chi connectivity index (χ2n) is 9.79. The van der Waals surface area contributed by atoms with E-state index in [1.54, 1.807) is 36.3 Å². The Labute approximate surface area is 226 Å². The molecule has 8 nitrogen and oxygen atoms in total. The molecule has 1 aliphatic carbocycles. The summed E-state index contributed by atoms with van der Waals surface area (Å²) in [5.41, 5.74) is 2.89. The van der Waals surface area contributed by atoms with E-state index >= 15 is 0 Å². The molecule has 0 aliphatic heterocycles. The van der Waals surface area contributed by atoms with Gasteiger partial charge in [0.1, 0.15) is 11.3 Å². The summed E-state index contributed by atoms with van der Waals surface area (Å²) in [6.07, 6.45) is 7.68. The molecular weight excluding hydrogens is 502 g/mol. The third kappa shape index (κ3) is 5.39. The molecule has 1 amide bonds. The van der Waals surface area contributed by atoms with Crippen molar-refractivity contribution in [2.45, 2.75) is 39.5 Å². The molecule has 1 saturated carbocycles. The summed E-state index contributed by atoms with van der Waals surface area (Å²) in [6, 6.07) is 9.50. The molecule has 0 unspecified atom stereocenters. The number of ether oxygens (including phenoxy) is 2. The standard InChI is InChI=1S/C29H33N3O5S/c1-4-36-28(34)23-17-25(21-11-9-20(10-12-21)24-18-31-14-16-38-29(31)30-24)37-27(23)32(13-15-35-3)26(33)22-7-5-19(2)6-8-22/h9-12,14,16-19,22H,4-8,13,15H2,1-3H3. The van der Waals surface area contributed by atoms with Crippen LogP contribution in [0.25, 0.3) is 27.5 Å². The number of hydrogen-bond acceptors (Lipinski definition) is 7. The van der Waals surface area contributed by atoms with Gasteiger partial charge in [-0.1, -0.05) is 31.2 Å². The molecule has 200 valence electrons. The molecule has 1 fully saturated rings. The summed E-state index contributed by atoms with van der Waals surface area (Å²) in [7, 11) is 1.59. The van der Waals surface area contributed by atoms with E-state index in [9.17, 15) is 9.59 Å². The van der Waals surface area contributed by atoms with Crippen LogP contribution < -0.4 is 4.90 Å². The van der Waals surface area contributed by atoms with Crippen LogP contribution in [0.4, 0.5) is 5.88 Å². The molecule has 38 heavy (non-hydrogen) atoms. The third-order valence-corrected chi connectivity index (χ3v) is 7.93. The van der Waals surface area contributed by atoms with E-state index in [2.05, 4.69) is 11.9 Å². The molecule has 9 heteroatoms. The first kappa shape index (κ1) is 26.2. The minimum Gasteiger partial charge on any atom is -0.462 e. The number of nitrogens with zero attached hydrogens (tertiary/aromatic N) is 3. The first-order chi connectivity index (χ1) is 18.5. The highest BCUT2D eigenvalue weighted by atomic mass is 32.1. The van der Waals surface area contributed by atoms with Gasteiger partial charge in [-0.25, -0.2) is 9.78 Å². The average molecular weight is 536 g/mol. The van der Waals surface area contributed by atoms with Crippen molar-refractivity contribution in [3.8, 4) is 22.6 Å². The lowest BCUT2D eigenvalue weighted by Crippen LogP contribution is -2.40. The smallest absolute Gasteiger partial charge is 0.343 e. The maximum absolute atomic E-state index is 13.7. The molecule has 3 heterocycles. The number of aromatic nitrogens is 2. The van der Waals surface area contributed by atoms with Crippen LogP contribution in [0, 0.1) is 11.8 Å². The van der Waals surface area contributed by atoms with Crippen LogP contribution in [-0.4, -0.2) is 48.1 Å². The molecule has 5 rings (SSSR count). The zero-order valence-corrected chi connectivity index (χ0v) is 22.8. The Morgan fingerprint density at radius 2 is 1.89 bits per heavy atom. The number of rotatable bonds is 9. The van der Waals surface area contributed by atoms with Gasteiger partial charge in [0.15, 0.2) is 4.96 Å². The van der Waals surface area contributed by atoms with Gasteiger partial charge in [0.2, 0.25) is 11.8 Å². The summed E-state index contributed by atoms with van der Waals surface area (Å²) in [5, 5.41) is 2.00. The van der Waals surface area contributed by atoms with Crippen molar-refractivity contribution in [3.63, 3.8) is 0 Å². The van der Waals surface area contributed by atoms with Gasteiger partial charge in [0.25, 0.3) is 0 Å². The summed E-state index contributed by atoms with van der Waals surface area (Å²) >= 11 is 1.59. The maximum atomic E-state index is 13.7. The monoisotopic (exact) mass is 535 g/mol. The van der Waals surface area contributed by atoms with Gasteiger partial charge in [0.05, 0.1) is 25.5 Å². The lowest BCUT2D eigenvalue weighted by Gasteiger charge is -2.30. The van der Waals surface area contributed by atoms with Gasteiger partial charge in [-0.05, 0) is 38.5 Å². The van der Waals surface area contributed by atoms with Crippen LogP contribution in [0.3, 0.4) is 0 Å². The highest BCUT2D eigenvalue weighted by Gasteiger charge is 2.33. The second kappa shape index (κ2) is 11.5. The van der Waals surface area contributed by atoms with Gasteiger partial charge in [0, 0.05) is 48.0 Å². The number of thiazole rings is 1. The molecule has 0 radical (unpaired) electrons. The van der Waals surface area contributed by atoms with Crippen LogP contribution in [0.15, 0.2) is 52.5 Å². The minimum absolute atomic E-state index is 0.0319. The quantitative estimate of drug-likeness (QED) is 0.234. The average Bonchev–Trinajstić information content (AvgIpc) is 3.65. The number of carbonyl (C=O) groups excluding carboxylic acids is 2. The van der Waals surface area contributed by atoms with E-state index in [0.29, 0.717) is 18.3 Å².